The van der Waals surface area contributed by atoms with Gasteiger partial charge in [0.15, 0.2) is 6.61 Å². The third-order valence-electron chi connectivity index (χ3n) is 4.72. The van der Waals surface area contributed by atoms with Crippen molar-refractivity contribution in [1.29, 1.82) is 0 Å². The third kappa shape index (κ3) is 5.73. The Balaban J connectivity index is 1.40. The number of benzene rings is 2. The molecule has 0 spiro atoms. The fourth-order valence-electron chi connectivity index (χ4n) is 3.19. The predicted molar refractivity (Wildman–Crippen MR) is 107 cm³/mol. The molecule has 2 aromatic rings. The summed E-state index contributed by atoms with van der Waals surface area (Å²) in [5, 5.41) is 3.46. The van der Waals surface area contributed by atoms with Gasteiger partial charge >= 0.3 is 5.97 Å². The van der Waals surface area contributed by atoms with Crippen molar-refractivity contribution in [3.63, 3.8) is 0 Å². The van der Waals surface area contributed by atoms with Crippen molar-refractivity contribution in [3.05, 3.63) is 64.7 Å². The second-order valence-corrected chi connectivity index (χ2v) is 7.50. The van der Waals surface area contributed by atoms with Crippen LogP contribution in [0.3, 0.4) is 0 Å². The van der Waals surface area contributed by atoms with Crippen LogP contribution in [0.15, 0.2) is 48.5 Å². The van der Waals surface area contributed by atoms with Crippen LogP contribution in [0.5, 0.6) is 5.75 Å². The summed E-state index contributed by atoms with van der Waals surface area (Å²) >= 11 is 6.00. The maximum absolute atomic E-state index is 12.3. The van der Waals surface area contributed by atoms with Gasteiger partial charge < -0.3 is 14.8 Å². The highest BCUT2D eigenvalue weighted by molar-refractivity contribution is 6.30. The molecule has 0 saturated carbocycles. The minimum absolute atomic E-state index is 0.00144. The lowest BCUT2D eigenvalue weighted by Gasteiger charge is -2.24. The lowest BCUT2D eigenvalue weighted by Crippen LogP contribution is -2.37. The van der Waals surface area contributed by atoms with Crippen molar-refractivity contribution >= 4 is 23.5 Å². The van der Waals surface area contributed by atoms with Crippen LogP contribution in [0, 0.1) is 5.92 Å². The van der Waals surface area contributed by atoms with Crippen molar-refractivity contribution in [2.45, 2.75) is 32.2 Å². The quantitative estimate of drug-likeness (QED) is 0.720. The zero-order chi connectivity index (χ0) is 19.9. The number of halogens is 1. The molecule has 1 aliphatic rings. The van der Waals surface area contributed by atoms with E-state index in [1.807, 2.05) is 25.1 Å². The van der Waals surface area contributed by atoms with E-state index in [9.17, 15) is 9.59 Å². The van der Waals surface area contributed by atoms with Gasteiger partial charge in [0.25, 0.3) is 5.91 Å². The molecule has 0 aliphatic carbocycles. The summed E-state index contributed by atoms with van der Waals surface area (Å²) in [6.45, 7) is 1.90. The maximum Gasteiger partial charge on any atom is 0.313 e. The Morgan fingerprint density at radius 1 is 1.25 bits per heavy atom. The number of esters is 1. The molecule has 0 radical (unpaired) electrons. The zero-order valence-electron chi connectivity index (χ0n) is 15.8. The van der Waals surface area contributed by atoms with Crippen LogP contribution in [-0.4, -0.2) is 31.1 Å². The van der Waals surface area contributed by atoms with E-state index in [0.717, 1.165) is 24.2 Å². The van der Waals surface area contributed by atoms with Gasteiger partial charge in [0.05, 0.1) is 5.92 Å². The first-order chi connectivity index (χ1) is 13.5. The smallest absolute Gasteiger partial charge is 0.313 e. The minimum Gasteiger partial charge on any atom is -0.492 e. The largest absolute Gasteiger partial charge is 0.492 e. The maximum atomic E-state index is 12.3. The number of nitrogens with one attached hydrogen (secondary N) is 1. The average Bonchev–Trinajstić information content (AvgIpc) is 2.70. The topological polar surface area (TPSA) is 64.6 Å². The van der Waals surface area contributed by atoms with Gasteiger partial charge in [-0.05, 0) is 55.5 Å². The van der Waals surface area contributed by atoms with Crippen LogP contribution in [0.2, 0.25) is 5.02 Å². The number of carbonyl (C=O) groups excluding carboxylic acids is 2. The summed E-state index contributed by atoms with van der Waals surface area (Å²) in [6.07, 6.45) is 2.19. The molecule has 0 saturated heterocycles. The Hall–Kier alpha value is -2.53. The van der Waals surface area contributed by atoms with Crippen LogP contribution in [0.4, 0.5) is 0 Å². The van der Waals surface area contributed by atoms with Crippen molar-refractivity contribution in [2.75, 3.05) is 13.2 Å². The molecule has 28 heavy (non-hydrogen) atoms. The second-order valence-electron chi connectivity index (χ2n) is 7.06. The van der Waals surface area contributed by atoms with E-state index in [4.69, 9.17) is 21.1 Å². The SMILES string of the molecule is C[C@H](CCc1ccccc1)NC(=O)COC(=O)[C@H]1COc2ccc(Cl)cc2C1. The summed E-state index contributed by atoms with van der Waals surface area (Å²) in [5.74, 6) is -0.431. The Kier molecular flexibility index (Phi) is 6.93. The standard InChI is InChI=1S/C22H24ClNO4/c1-15(7-8-16-5-3-2-4-6-16)24-21(25)14-28-22(26)18-11-17-12-19(23)9-10-20(17)27-13-18/h2-6,9-10,12,15,18H,7-8,11,13-14H2,1H3,(H,24,25)/t15-,18-/m1/s1. The van der Waals surface area contributed by atoms with Gasteiger partial charge in [-0.15, -0.1) is 0 Å². The van der Waals surface area contributed by atoms with E-state index < -0.39 is 11.9 Å². The molecule has 1 amide bonds. The number of fused-ring (bicyclic) bond motifs is 1. The van der Waals surface area contributed by atoms with Crippen LogP contribution < -0.4 is 10.1 Å². The summed E-state index contributed by atoms with van der Waals surface area (Å²) < 4.78 is 10.8. The van der Waals surface area contributed by atoms with E-state index in [-0.39, 0.29) is 25.2 Å². The monoisotopic (exact) mass is 401 g/mol. The Bertz CT molecular complexity index is 825. The van der Waals surface area contributed by atoms with Gasteiger partial charge in [0.2, 0.25) is 0 Å². The Morgan fingerprint density at radius 2 is 2.04 bits per heavy atom. The fraction of sp³-hybridized carbons (Fsp3) is 0.364. The third-order valence-corrected chi connectivity index (χ3v) is 4.96. The number of aryl methyl sites for hydroxylation is 1. The number of hydrogen-bond donors (Lipinski definition) is 1. The molecule has 0 aromatic heterocycles. The molecule has 5 nitrogen and oxygen atoms in total. The van der Waals surface area contributed by atoms with Crippen LogP contribution >= 0.6 is 11.6 Å². The van der Waals surface area contributed by atoms with Gasteiger partial charge in [0.1, 0.15) is 12.4 Å². The number of rotatable bonds is 7. The molecule has 0 bridgehead atoms. The molecule has 3 rings (SSSR count). The van der Waals surface area contributed by atoms with Gasteiger partial charge in [-0.3, -0.25) is 9.59 Å². The van der Waals surface area contributed by atoms with Crippen LogP contribution in [0.25, 0.3) is 0 Å². The molecule has 0 fully saturated rings. The number of carbonyl (C=O) groups is 2. The van der Waals surface area contributed by atoms with Crippen molar-refractivity contribution in [2.24, 2.45) is 5.92 Å². The van der Waals surface area contributed by atoms with Gasteiger partial charge in [-0.1, -0.05) is 41.9 Å². The van der Waals surface area contributed by atoms with E-state index >= 15 is 0 Å². The van der Waals surface area contributed by atoms with Gasteiger partial charge in [-0.25, -0.2) is 0 Å². The normalized spacial score (nSPS) is 16.4. The molecule has 0 unspecified atom stereocenters. The van der Waals surface area contributed by atoms with E-state index in [0.29, 0.717) is 11.4 Å². The highest BCUT2D eigenvalue weighted by Crippen LogP contribution is 2.30. The van der Waals surface area contributed by atoms with E-state index in [1.165, 1.54) is 5.56 Å². The summed E-state index contributed by atoms with van der Waals surface area (Å²) in [7, 11) is 0. The average molecular weight is 402 g/mol. The summed E-state index contributed by atoms with van der Waals surface area (Å²) in [6, 6.07) is 15.4. The number of ether oxygens (including phenoxy) is 2. The van der Waals surface area contributed by atoms with E-state index in [2.05, 4.69) is 17.4 Å². The highest BCUT2D eigenvalue weighted by Gasteiger charge is 2.28. The highest BCUT2D eigenvalue weighted by atomic mass is 35.5. The lowest BCUT2D eigenvalue weighted by molar-refractivity contribution is -0.154. The molecular formula is C22H24ClNO4. The lowest BCUT2D eigenvalue weighted by atomic mass is 9.97. The van der Waals surface area contributed by atoms with Gasteiger partial charge in [-0.2, -0.15) is 0 Å². The fourth-order valence-corrected chi connectivity index (χ4v) is 3.38. The van der Waals surface area contributed by atoms with Crippen LogP contribution in [0.1, 0.15) is 24.5 Å². The first kappa shape index (κ1) is 20.2. The predicted octanol–water partition coefficient (Wildman–Crippen LogP) is 3.57. The molecule has 6 heteroatoms. The number of amides is 1. The van der Waals surface area contributed by atoms with Crippen molar-refractivity contribution in [3.8, 4) is 5.75 Å². The Morgan fingerprint density at radius 3 is 2.82 bits per heavy atom. The number of hydrogen-bond acceptors (Lipinski definition) is 4. The molecule has 2 aromatic carbocycles. The first-order valence-electron chi connectivity index (χ1n) is 9.42. The molecule has 1 N–H and O–H groups in total. The van der Waals surface area contributed by atoms with Crippen molar-refractivity contribution in [1.82, 2.24) is 5.32 Å². The summed E-state index contributed by atoms with van der Waals surface area (Å²) in [4.78, 5) is 24.3. The molecule has 2 atom stereocenters. The molecular weight excluding hydrogens is 378 g/mol. The minimum atomic E-state index is -0.436. The molecule has 1 aliphatic heterocycles. The van der Waals surface area contributed by atoms with E-state index in [1.54, 1.807) is 18.2 Å². The van der Waals surface area contributed by atoms with Gasteiger partial charge in [0, 0.05) is 11.1 Å². The van der Waals surface area contributed by atoms with Crippen LogP contribution in [-0.2, 0) is 27.2 Å². The Labute approximate surface area is 170 Å². The molecule has 148 valence electrons. The first-order valence-corrected chi connectivity index (χ1v) is 9.80. The zero-order valence-corrected chi connectivity index (χ0v) is 16.6. The summed E-state index contributed by atoms with van der Waals surface area (Å²) in [5.41, 5.74) is 2.10. The van der Waals surface area contributed by atoms with Crippen molar-refractivity contribution < 1.29 is 19.1 Å². The molecule has 1 heterocycles. The second kappa shape index (κ2) is 9.60.